The van der Waals surface area contributed by atoms with Crippen LogP contribution in [-0.2, 0) is 9.53 Å². The van der Waals surface area contributed by atoms with Crippen LogP contribution in [0, 0.1) is 5.92 Å². The van der Waals surface area contributed by atoms with Crippen LogP contribution < -0.4 is 10.1 Å². The third-order valence-corrected chi connectivity index (χ3v) is 2.39. The fraction of sp³-hybridized carbons (Fsp3) is 0.500. The van der Waals surface area contributed by atoms with E-state index in [0.29, 0.717) is 12.5 Å². The molecule has 1 rings (SSSR count). The van der Waals surface area contributed by atoms with Crippen molar-refractivity contribution in [1.82, 2.24) is 0 Å². The molecule has 100 valence electrons. The van der Waals surface area contributed by atoms with Crippen LogP contribution >= 0.6 is 0 Å². The van der Waals surface area contributed by atoms with Gasteiger partial charge in [0.25, 0.3) is 0 Å². The van der Waals surface area contributed by atoms with Crippen LogP contribution in [0.25, 0.3) is 0 Å². The van der Waals surface area contributed by atoms with Gasteiger partial charge in [0, 0.05) is 0 Å². The molecule has 1 N–H and O–H groups in total. The quantitative estimate of drug-likeness (QED) is 0.790. The molecule has 0 saturated carbocycles. The molecule has 0 heterocycles. The molecule has 18 heavy (non-hydrogen) atoms. The molecule has 4 heteroatoms. The topological polar surface area (TPSA) is 47.6 Å². The molecule has 0 aliphatic rings. The lowest BCUT2D eigenvalue weighted by Crippen LogP contribution is -2.27. The first kappa shape index (κ1) is 14.4. The molecule has 0 aromatic heterocycles. The molecular weight excluding hydrogens is 230 g/mol. The third-order valence-electron chi connectivity index (χ3n) is 2.39. The number of benzene rings is 1. The third kappa shape index (κ3) is 4.28. The zero-order chi connectivity index (χ0) is 13.5. The largest absolute Gasteiger partial charge is 0.491 e. The molecule has 1 unspecified atom stereocenters. The van der Waals surface area contributed by atoms with E-state index in [2.05, 4.69) is 23.9 Å². The summed E-state index contributed by atoms with van der Waals surface area (Å²) in [6, 6.07) is 7.17. The zero-order valence-corrected chi connectivity index (χ0v) is 11.4. The van der Waals surface area contributed by atoms with E-state index >= 15 is 0 Å². The smallest absolute Gasteiger partial charge is 0.327 e. The minimum atomic E-state index is -0.404. The van der Waals surface area contributed by atoms with Crippen molar-refractivity contribution in [2.45, 2.75) is 26.8 Å². The Kier molecular flexibility index (Phi) is 5.49. The molecule has 0 saturated heterocycles. The Bertz CT molecular complexity index is 390. The van der Waals surface area contributed by atoms with Crippen molar-refractivity contribution in [1.29, 1.82) is 0 Å². The average Bonchev–Trinajstić information content (AvgIpc) is 2.36. The lowest BCUT2D eigenvalue weighted by atomic mass is 10.2. The van der Waals surface area contributed by atoms with E-state index in [9.17, 15) is 4.79 Å². The molecule has 1 aromatic carbocycles. The molecule has 0 aliphatic heterocycles. The molecule has 0 amide bonds. The predicted octanol–water partition coefficient (Wildman–Crippen LogP) is 2.69. The highest BCUT2D eigenvalue weighted by Gasteiger charge is 2.14. The number of nitrogens with one attached hydrogen (secondary N) is 1. The minimum Gasteiger partial charge on any atom is -0.491 e. The number of hydrogen-bond donors (Lipinski definition) is 1. The van der Waals surface area contributed by atoms with Crippen LogP contribution in [0.4, 0.5) is 5.69 Å². The monoisotopic (exact) mass is 251 g/mol. The number of para-hydroxylation sites is 2. The van der Waals surface area contributed by atoms with Gasteiger partial charge in [0.05, 0.1) is 19.4 Å². The van der Waals surface area contributed by atoms with Crippen LogP contribution in [0.15, 0.2) is 24.3 Å². The van der Waals surface area contributed by atoms with Crippen LogP contribution in [0.2, 0.25) is 0 Å². The fourth-order valence-corrected chi connectivity index (χ4v) is 1.44. The maximum Gasteiger partial charge on any atom is 0.327 e. The van der Waals surface area contributed by atoms with Gasteiger partial charge in [-0.05, 0) is 25.0 Å². The van der Waals surface area contributed by atoms with E-state index in [1.807, 2.05) is 24.3 Å². The molecule has 0 aliphatic carbocycles. The molecule has 4 nitrogen and oxygen atoms in total. The Hall–Kier alpha value is -1.71. The molecule has 1 aromatic rings. The zero-order valence-electron chi connectivity index (χ0n) is 11.4. The Labute approximate surface area is 108 Å². The van der Waals surface area contributed by atoms with Gasteiger partial charge in [-0.1, -0.05) is 26.0 Å². The Morgan fingerprint density at radius 3 is 2.56 bits per heavy atom. The summed E-state index contributed by atoms with van der Waals surface area (Å²) in [7, 11) is 1.38. The Morgan fingerprint density at radius 2 is 1.94 bits per heavy atom. The van der Waals surface area contributed by atoms with E-state index in [-0.39, 0.29) is 5.97 Å². The van der Waals surface area contributed by atoms with Crippen molar-refractivity contribution in [3.63, 3.8) is 0 Å². The summed E-state index contributed by atoms with van der Waals surface area (Å²) in [6.45, 7) is 6.58. The first-order chi connectivity index (χ1) is 8.54. The van der Waals surface area contributed by atoms with Gasteiger partial charge in [-0.3, -0.25) is 0 Å². The second-order valence-corrected chi connectivity index (χ2v) is 4.59. The average molecular weight is 251 g/mol. The molecule has 0 radical (unpaired) electrons. The molecule has 0 fully saturated rings. The summed E-state index contributed by atoms with van der Waals surface area (Å²) in [4.78, 5) is 11.4. The normalized spacial score (nSPS) is 12.1. The first-order valence-electron chi connectivity index (χ1n) is 6.10. The lowest BCUT2D eigenvalue weighted by molar-refractivity contribution is -0.141. The summed E-state index contributed by atoms with van der Waals surface area (Å²) in [5, 5.41) is 3.09. The summed E-state index contributed by atoms with van der Waals surface area (Å²) in [5.41, 5.74) is 0.802. The van der Waals surface area contributed by atoms with Gasteiger partial charge in [-0.25, -0.2) is 4.79 Å². The van der Waals surface area contributed by atoms with Crippen molar-refractivity contribution < 1.29 is 14.3 Å². The van der Waals surface area contributed by atoms with Crippen molar-refractivity contribution in [2.75, 3.05) is 19.0 Å². The Morgan fingerprint density at radius 1 is 1.28 bits per heavy atom. The molecule has 0 spiro atoms. The molecular formula is C14H21NO3. The second-order valence-electron chi connectivity index (χ2n) is 4.59. The molecule has 0 bridgehead atoms. The van der Waals surface area contributed by atoms with Crippen LogP contribution in [0.3, 0.4) is 0 Å². The number of carbonyl (C=O) groups excluding carboxylic acids is 1. The summed E-state index contributed by atoms with van der Waals surface area (Å²) >= 11 is 0. The van der Waals surface area contributed by atoms with Gasteiger partial charge in [0.2, 0.25) is 0 Å². The number of ether oxygens (including phenoxy) is 2. The van der Waals surface area contributed by atoms with Crippen molar-refractivity contribution >= 4 is 11.7 Å². The first-order valence-corrected chi connectivity index (χ1v) is 6.10. The highest BCUT2D eigenvalue weighted by molar-refractivity contribution is 5.79. The van der Waals surface area contributed by atoms with Gasteiger partial charge >= 0.3 is 5.97 Å². The van der Waals surface area contributed by atoms with E-state index in [1.54, 1.807) is 6.92 Å². The maximum atomic E-state index is 11.4. The predicted molar refractivity (Wildman–Crippen MR) is 71.9 cm³/mol. The van der Waals surface area contributed by atoms with E-state index in [4.69, 9.17) is 4.74 Å². The minimum absolute atomic E-state index is 0.298. The highest BCUT2D eigenvalue weighted by Crippen LogP contribution is 2.25. The lowest BCUT2D eigenvalue weighted by Gasteiger charge is -2.17. The number of carbonyl (C=O) groups is 1. The van der Waals surface area contributed by atoms with E-state index in [1.165, 1.54) is 7.11 Å². The summed E-state index contributed by atoms with van der Waals surface area (Å²) in [6.07, 6.45) is 0. The highest BCUT2D eigenvalue weighted by atomic mass is 16.5. The number of hydrogen-bond acceptors (Lipinski definition) is 4. The standard InChI is InChI=1S/C14H21NO3/c1-10(2)9-18-13-8-6-5-7-12(13)15-11(3)14(16)17-4/h5-8,10-11,15H,9H2,1-4H3. The van der Waals surface area contributed by atoms with Crippen LogP contribution in [0.5, 0.6) is 5.75 Å². The summed E-state index contributed by atoms with van der Waals surface area (Å²) in [5.74, 6) is 0.909. The van der Waals surface area contributed by atoms with Gasteiger partial charge in [0.1, 0.15) is 11.8 Å². The van der Waals surface area contributed by atoms with E-state index in [0.717, 1.165) is 11.4 Å². The second kappa shape index (κ2) is 6.89. The fourth-order valence-electron chi connectivity index (χ4n) is 1.44. The number of methoxy groups -OCH3 is 1. The van der Waals surface area contributed by atoms with Gasteiger partial charge in [-0.2, -0.15) is 0 Å². The summed E-state index contributed by atoms with van der Waals surface area (Å²) < 4.78 is 10.4. The van der Waals surface area contributed by atoms with Crippen LogP contribution in [0.1, 0.15) is 20.8 Å². The van der Waals surface area contributed by atoms with Crippen molar-refractivity contribution in [3.8, 4) is 5.75 Å². The number of esters is 1. The number of rotatable bonds is 6. The van der Waals surface area contributed by atoms with Crippen molar-refractivity contribution in [2.24, 2.45) is 5.92 Å². The van der Waals surface area contributed by atoms with Gasteiger partial charge < -0.3 is 14.8 Å². The van der Waals surface area contributed by atoms with Crippen LogP contribution in [-0.4, -0.2) is 25.7 Å². The van der Waals surface area contributed by atoms with Gasteiger partial charge in [0.15, 0.2) is 0 Å². The number of anilines is 1. The maximum absolute atomic E-state index is 11.4. The SMILES string of the molecule is COC(=O)C(C)Nc1ccccc1OCC(C)C. The Balaban J connectivity index is 2.72. The van der Waals surface area contributed by atoms with Crippen molar-refractivity contribution in [3.05, 3.63) is 24.3 Å². The molecule has 1 atom stereocenters. The van der Waals surface area contributed by atoms with E-state index < -0.39 is 6.04 Å². The van der Waals surface area contributed by atoms with Gasteiger partial charge in [-0.15, -0.1) is 0 Å².